The standard InChI is InChI=1S/C14H19N3O5S2/c1-11-3-4-12(17(19)20)9-13(11)24(21,22)16-7-5-15(6-8-16)14(18)10-23-2/h3-4,9H,5-8,10H2,1-2H3. The minimum absolute atomic E-state index is 0.00826. The second kappa shape index (κ2) is 7.49. The zero-order chi connectivity index (χ0) is 17.9. The van der Waals surface area contributed by atoms with Crippen LogP contribution in [-0.2, 0) is 14.8 Å². The summed E-state index contributed by atoms with van der Waals surface area (Å²) in [5.74, 6) is 0.364. The van der Waals surface area contributed by atoms with E-state index in [1.807, 2.05) is 6.26 Å². The number of nitrogens with zero attached hydrogens (tertiary/aromatic N) is 3. The Morgan fingerprint density at radius 3 is 2.46 bits per heavy atom. The number of amides is 1. The molecule has 0 aliphatic carbocycles. The third-order valence-corrected chi connectivity index (χ3v) is 6.44. The smallest absolute Gasteiger partial charge is 0.270 e. The number of carbonyl (C=O) groups is 1. The molecular formula is C14H19N3O5S2. The normalized spacial score (nSPS) is 16.2. The van der Waals surface area contributed by atoms with Crippen LogP contribution in [0.4, 0.5) is 5.69 Å². The molecule has 1 fully saturated rings. The Bertz CT molecular complexity index is 743. The first kappa shape index (κ1) is 18.7. The second-order valence-electron chi connectivity index (χ2n) is 5.42. The van der Waals surface area contributed by atoms with Gasteiger partial charge >= 0.3 is 0 Å². The van der Waals surface area contributed by atoms with Crippen LogP contribution in [0.2, 0.25) is 0 Å². The lowest BCUT2D eigenvalue weighted by Gasteiger charge is -2.34. The number of nitro benzene ring substituents is 1. The lowest BCUT2D eigenvalue weighted by Crippen LogP contribution is -2.51. The molecule has 0 N–H and O–H groups in total. The summed E-state index contributed by atoms with van der Waals surface area (Å²) in [5.41, 5.74) is 0.203. The minimum Gasteiger partial charge on any atom is -0.339 e. The molecule has 1 aromatic rings. The van der Waals surface area contributed by atoms with Crippen molar-refractivity contribution in [3.63, 3.8) is 0 Å². The van der Waals surface area contributed by atoms with E-state index in [0.29, 0.717) is 24.4 Å². The van der Waals surface area contributed by atoms with E-state index in [9.17, 15) is 23.3 Å². The third kappa shape index (κ3) is 3.87. The van der Waals surface area contributed by atoms with Crippen LogP contribution in [0.25, 0.3) is 0 Å². The first-order valence-corrected chi connectivity index (χ1v) is 10.1. The van der Waals surface area contributed by atoms with Crippen molar-refractivity contribution in [2.45, 2.75) is 11.8 Å². The fraction of sp³-hybridized carbons (Fsp3) is 0.500. The van der Waals surface area contributed by atoms with E-state index in [-0.39, 0.29) is 29.6 Å². The van der Waals surface area contributed by atoms with Crippen LogP contribution in [0, 0.1) is 17.0 Å². The number of hydrogen-bond acceptors (Lipinski definition) is 6. The van der Waals surface area contributed by atoms with Gasteiger partial charge in [-0.1, -0.05) is 6.07 Å². The van der Waals surface area contributed by atoms with Crippen LogP contribution >= 0.6 is 11.8 Å². The number of non-ortho nitro benzene ring substituents is 1. The summed E-state index contributed by atoms with van der Waals surface area (Å²) in [6, 6.07) is 3.81. The number of aryl methyl sites for hydroxylation is 1. The molecule has 0 aromatic heterocycles. The number of rotatable bonds is 5. The quantitative estimate of drug-likeness (QED) is 0.566. The van der Waals surface area contributed by atoms with Gasteiger partial charge in [-0.2, -0.15) is 16.1 Å². The molecule has 1 heterocycles. The lowest BCUT2D eigenvalue weighted by atomic mass is 10.2. The Hall–Kier alpha value is -1.65. The maximum Gasteiger partial charge on any atom is 0.270 e. The van der Waals surface area contributed by atoms with Crippen molar-refractivity contribution >= 4 is 33.4 Å². The molecule has 0 radical (unpaired) electrons. The minimum atomic E-state index is -3.82. The first-order chi connectivity index (χ1) is 11.3. The summed E-state index contributed by atoms with van der Waals surface area (Å²) < 4.78 is 26.8. The summed E-state index contributed by atoms with van der Waals surface area (Å²) in [5, 5.41) is 10.9. The number of sulfonamides is 1. The molecule has 24 heavy (non-hydrogen) atoms. The molecular weight excluding hydrogens is 354 g/mol. The summed E-state index contributed by atoms with van der Waals surface area (Å²) in [6.45, 7) is 2.63. The zero-order valence-corrected chi connectivity index (χ0v) is 15.1. The van der Waals surface area contributed by atoms with Gasteiger partial charge in [-0.05, 0) is 18.7 Å². The van der Waals surface area contributed by atoms with Crippen molar-refractivity contribution in [1.29, 1.82) is 0 Å². The highest BCUT2D eigenvalue weighted by atomic mass is 32.2. The van der Waals surface area contributed by atoms with Crippen LogP contribution in [0.3, 0.4) is 0 Å². The van der Waals surface area contributed by atoms with Crippen molar-refractivity contribution in [2.24, 2.45) is 0 Å². The first-order valence-electron chi connectivity index (χ1n) is 7.29. The maximum absolute atomic E-state index is 12.8. The van der Waals surface area contributed by atoms with Gasteiger partial charge in [0.25, 0.3) is 5.69 Å². The van der Waals surface area contributed by atoms with E-state index < -0.39 is 14.9 Å². The maximum atomic E-state index is 12.8. The molecule has 2 rings (SSSR count). The van der Waals surface area contributed by atoms with Crippen molar-refractivity contribution in [1.82, 2.24) is 9.21 Å². The van der Waals surface area contributed by atoms with Crippen molar-refractivity contribution < 1.29 is 18.1 Å². The SMILES string of the molecule is CSCC(=O)N1CCN(S(=O)(=O)c2cc([N+](=O)[O-])ccc2C)CC1. The largest absolute Gasteiger partial charge is 0.339 e. The average molecular weight is 373 g/mol. The van der Waals surface area contributed by atoms with E-state index in [1.165, 1.54) is 28.2 Å². The van der Waals surface area contributed by atoms with Crippen molar-refractivity contribution in [3.05, 3.63) is 33.9 Å². The monoisotopic (exact) mass is 373 g/mol. The Labute approximate surface area is 145 Å². The molecule has 0 atom stereocenters. The Morgan fingerprint density at radius 1 is 1.29 bits per heavy atom. The number of piperazine rings is 1. The highest BCUT2D eigenvalue weighted by molar-refractivity contribution is 7.99. The topological polar surface area (TPSA) is 101 Å². The van der Waals surface area contributed by atoms with Gasteiger partial charge in [0.1, 0.15) is 0 Å². The van der Waals surface area contributed by atoms with Gasteiger partial charge in [-0.3, -0.25) is 14.9 Å². The number of hydrogen-bond donors (Lipinski definition) is 0. The molecule has 0 unspecified atom stereocenters. The van der Waals surface area contributed by atoms with Gasteiger partial charge in [0.15, 0.2) is 0 Å². The molecule has 1 aliphatic heterocycles. The summed E-state index contributed by atoms with van der Waals surface area (Å²) >= 11 is 1.43. The van der Waals surface area contributed by atoms with Gasteiger partial charge in [0.2, 0.25) is 15.9 Å². The van der Waals surface area contributed by atoms with E-state index in [0.717, 1.165) is 6.07 Å². The van der Waals surface area contributed by atoms with Crippen molar-refractivity contribution in [3.8, 4) is 0 Å². The van der Waals surface area contributed by atoms with Gasteiger partial charge < -0.3 is 4.90 Å². The van der Waals surface area contributed by atoms with Gasteiger partial charge in [0.05, 0.1) is 15.6 Å². The number of nitro groups is 1. The Morgan fingerprint density at radius 2 is 1.92 bits per heavy atom. The molecule has 1 saturated heterocycles. The van der Waals surface area contributed by atoms with Crippen LogP contribution in [0.15, 0.2) is 23.1 Å². The Kier molecular flexibility index (Phi) is 5.83. The number of thioether (sulfide) groups is 1. The Balaban J connectivity index is 2.19. The lowest BCUT2D eigenvalue weighted by molar-refractivity contribution is -0.385. The summed E-state index contributed by atoms with van der Waals surface area (Å²) in [6.07, 6.45) is 1.84. The third-order valence-electron chi connectivity index (χ3n) is 3.86. The summed E-state index contributed by atoms with van der Waals surface area (Å²) in [4.78, 5) is 23.7. The molecule has 1 aliphatic rings. The van der Waals surface area contributed by atoms with E-state index >= 15 is 0 Å². The second-order valence-corrected chi connectivity index (χ2v) is 8.20. The molecule has 1 aromatic carbocycles. The van der Waals surface area contributed by atoms with Crippen LogP contribution in [-0.4, -0.2) is 66.6 Å². The van der Waals surface area contributed by atoms with Crippen LogP contribution < -0.4 is 0 Å². The highest BCUT2D eigenvalue weighted by Crippen LogP contribution is 2.25. The predicted molar refractivity (Wildman–Crippen MR) is 91.6 cm³/mol. The predicted octanol–water partition coefficient (Wildman–Crippen LogP) is 1.10. The molecule has 8 nitrogen and oxygen atoms in total. The fourth-order valence-corrected chi connectivity index (χ4v) is 4.61. The van der Waals surface area contributed by atoms with Gasteiger partial charge in [-0.15, -0.1) is 0 Å². The summed E-state index contributed by atoms with van der Waals surface area (Å²) in [7, 11) is -3.82. The van der Waals surface area contributed by atoms with E-state index in [4.69, 9.17) is 0 Å². The molecule has 10 heteroatoms. The molecule has 0 spiro atoms. The van der Waals surface area contributed by atoms with Crippen LogP contribution in [0.5, 0.6) is 0 Å². The number of carbonyl (C=O) groups excluding carboxylic acids is 1. The number of benzene rings is 1. The van der Waals surface area contributed by atoms with E-state index in [1.54, 1.807) is 11.8 Å². The fourth-order valence-electron chi connectivity index (χ4n) is 2.51. The average Bonchev–Trinajstić information content (AvgIpc) is 2.55. The van der Waals surface area contributed by atoms with Crippen molar-refractivity contribution in [2.75, 3.05) is 38.2 Å². The molecule has 132 valence electrons. The van der Waals surface area contributed by atoms with Gasteiger partial charge in [0, 0.05) is 38.3 Å². The zero-order valence-electron chi connectivity index (χ0n) is 13.5. The molecule has 1 amide bonds. The molecule has 0 bridgehead atoms. The van der Waals surface area contributed by atoms with Gasteiger partial charge in [-0.25, -0.2) is 8.42 Å². The van der Waals surface area contributed by atoms with E-state index in [2.05, 4.69) is 0 Å². The van der Waals surface area contributed by atoms with Crippen LogP contribution in [0.1, 0.15) is 5.56 Å². The highest BCUT2D eigenvalue weighted by Gasteiger charge is 2.31. The molecule has 0 saturated carbocycles.